The SMILES string of the molecule is Clc1ccc(NCCC2CC2)cc1. The number of hydrogen-bond acceptors (Lipinski definition) is 1. The Morgan fingerprint density at radius 1 is 1.23 bits per heavy atom. The van der Waals surface area contributed by atoms with Gasteiger partial charge in [0.05, 0.1) is 0 Å². The molecule has 0 unspecified atom stereocenters. The van der Waals surface area contributed by atoms with Gasteiger partial charge in [0.15, 0.2) is 0 Å². The second-order valence-electron chi connectivity index (χ2n) is 3.67. The minimum absolute atomic E-state index is 0.799. The van der Waals surface area contributed by atoms with Crippen LogP contribution in [0, 0.1) is 5.92 Å². The second kappa shape index (κ2) is 4.01. The number of hydrogen-bond donors (Lipinski definition) is 1. The number of anilines is 1. The van der Waals surface area contributed by atoms with Crippen molar-refractivity contribution in [2.45, 2.75) is 19.3 Å². The van der Waals surface area contributed by atoms with Crippen LogP contribution < -0.4 is 5.32 Å². The quantitative estimate of drug-likeness (QED) is 0.775. The van der Waals surface area contributed by atoms with Crippen LogP contribution in [0.15, 0.2) is 24.3 Å². The molecular weight excluding hydrogens is 182 g/mol. The van der Waals surface area contributed by atoms with Gasteiger partial charge in [0.25, 0.3) is 0 Å². The van der Waals surface area contributed by atoms with Crippen molar-refractivity contribution in [1.82, 2.24) is 0 Å². The van der Waals surface area contributed by atoms with E-state index in [0.717, 1.165) is 17.5 Å². The molecular formula is C11H14ClN. The summed E-state index contributed by atoms with van der Waals surface area (Å²) in [6, 6.07) is 7.88. The summed E-state index contributed by atoms with van der Waals surface area (Å²) < 4.78 is 0. The Morgan fingerprint density at radius 2 is 1.92 bits per heavy atom. The maximum Gasteiger partial charge on any atom is 0.0407 e. The molecule has 1 nitrogen and oxygen atoms in total. The maximum atomic E-state index is 5.78. The van der Waals surface area contributed by atoms with E-state index in [2.05, 4.69) is 5.32 Å². The van der Waals surface area contributed by atoms with E-state index in [1.165, 1.54) is 24.9 Å². The van der Waals surface area contributed by atoms with Gasteiger partial charge in [0, 0.05) is 17.3 Å². The summed E-state index contributed by atoms with van der Waals surface area (Å²) in [5.74, 6) is 1.000. The van der Waals surface area contributed by atoms with Gasteiger partial charge in [-0.2, -0.15) is 0 Å². The molecule has 13 heavy (non-hydrogen) atoms. The number of rotatable bonds is 4. The lowest BCUT2D eigenvalue weighted by Gasteiger charge is -2.04. The van der Waals surface area contributed by atoms with E-state index in [0.29, 0.717) is 0 Å². The van der Waals surface area contributed by atoms with E-state index < -0.39 is 0 Å². The van der Waals surface area contributed by atoms with Crippen LogP contribution in [0.3, 0.4) is 0 Å². The van der Waals surface area contributed by atoms with Gasteiger partial charge < -0.3 is 5.32 Å². The first kappa shape index (κ1) is 8.89. The molecule has 0 heterocycles. The van der Waals surface area contributed by atoms with Crippen molar-refractivity contribution >= 4 is 17.3 Å². The van der Waals surface area contributed by atoms with Crippen LogP contribution in [0.25, 0.3) is 0 Å². The van der Waals surface area contributed by atoms with Crippen LogP contribution in [0.2, 0.25) is 5.02 Å². The first-order chi connectivity index (χ1) is 6.34. The Hall–Kier alpha value is -0.690. The van der Waals surface area contributed by atoms with Gasteiger partial charge in [-0.15, -0.1) is 0 Å². The summed E-state index contributed by atoms with van der Waals surface area (Å²) in [4.78, 5) is 0. The third-order valence-electron chi connectivity index (χ3n) is 2.42. The molecule has 1 N–H and O–H groups in total. The van der Waals surface area contributed by atoms with E-state index in [1.54, 1.807) is 0 Å². The van der Waals surface area contributed by atoms with Crippen molar-refractivity contribution < 1.29 is 0 Å². The largest absolute Gasteiger partial charge is 0.385 e. The van der Waals surface area contributed by atoms with E-state index in [1.807, 2.05) is 24.3 Å². The lowest BCUT2D eigenvalue weighted by atomic mass is 10.2. The standard InChI is InChI=1S/C11H14ClN/c12-10-3-5-11(6-4-10)13-8-7-9-1-2-9/h3-6,9,13H,1-2,7-8H2. The molecule has 0 bridgehead atoms. The van der Waals surface area contributed by atoms with E-state index in [9.17, 15) is 0 Å². The van der Waals surface area contributed by atoms with Gasteiger partial charge >= 0.3 is 0 Å². The summed E-state index contributed by atoms with van der Waals surface area (Å²) in [7, 11) is 0. The summed E-state index contributed by atoms with van der Waals surface area (Å²) in [6.45, 7) is 1.09. The van der Waals surface area contributed by atoms with Gasteiger partial charge in [0.2, 0.25) is 0 Å². The third-order valence-corrected chi connectivity index (χ3v) is 2.67. The molecule has 2 rings (SSSR count). The average molecular weight is 196 g/mol. The fourth-order valence-electron chi connectivity index (χ4n) is 1.39. The van der Waals surface area contributed by atoms with Crippen molar-refractivity contribution in [3.8, 4) is 0 Å². The van der Waals surface area contributed by atoms with Gasteiger partial charge in [-0.3, -0.25) is 0 Å². The second-order valence-corrected chi connectivity index (χ2v) is 4.10. The zero-order chi connectivity index (χ0) is 9.10. The van der Waals surface area contributed by atoms with Crippen molar-refractivity contribution in [3.63, 3.8) is 0 Å². The molecule has 1 aromatic rings. The molecule has 0 aliphatic heterocycles. The lowest BCUT2D eigenvalue weighted by Crippen LogP contribution is -2.01. The molecule has 1 aromatic carbocycles. The van der Waals surface area contributed by atoms with Gasteiger partial charge in [-0.1, -0.05) is 24.4 Å². The molecule has 0 atom stereocenters. The third kappa shape index (κ3) is 2.92. The minimum Gasteiger partial charge on any atom is -0.385 e. The van der Waals surface area contributed by atoms with Gasteiger partial charge in [-0.05, 0) is 36.6 Å². The average Bonchev–Trinajstić information content (AvgIpc) is 2.92. The Labute approximate surface area is 84.1 Å². The van der Waals surface area contributed by atoms with Crippen LogP contribution in [0.1, 0.15) is 19.3 Å². The normalized spacial score (nSPS) is 15.8. The Bertz CT molecular complexity index is 264. The molecule has 1 fully saturated rings. The molecule has 1 saturated carbocycles. The van der Waals surface area contributed by atoms with Crippen LogP contribution in [-0.2, 0) is 0 Å². The van der Waals surface area contributed by atoms with Crippen LogP contribution in [-0.4, -0.2) is 6.54 Å². The first-order valence-electron chi connectivity index (χ1n) is 4.84. The summed E-state index contributed by atoms with van der Waals surface area (Å²) >= 11 is 5.78. The van der Waals surface area contributed by atoms with E-state index >= 15 is 0 Å². The van der Waals surface area contributed by atoms with Gasteiger partial charge in [0.1, 0.15) is 0 Å². The fraction of sp³-hybridized carbons (Fsp3) is 0.455. The molecule has 70 valence electrons. The number of halogens is 1. The number of benzene rings is 1. The van der Waals surface area contributed by atoms with Crippen LogP contribution in [0.5, 0.6) is 0 Å². The molecule has 1 aliphatic rings. The van der Waals surface area contributed by atoms with Crippen molar-refractivity contribution in [3.05, 3.63) is 29.3 Å². The summed E-state index contributed by atoms with van der Waals surface area (Å²) in [6.07, 6.45) is 4.17. The Balaban J connectivity index is 1.76. The van der Waals surface area contributed by atoms with Crippen molar-refractivity contribution in [1.29, 1.82) is 0 Å². The zero-order valence-corrected chi connectivity index (χ0v) is 8.35. The Morgan fingerprint density at radius 3 is 2.54 bits per heavy atom. The predicted octanol–water partition coefficient (Wildman–Crippen LogP) is 3.55. The monoisotopic (exact) mass is 195 g/mol. The van der Waals surface area contributed by atoms with Crippen molar-refractivity contribution in [2.24, 2.45) is 5.92 Å². The predicted molar refractivity (Wildman–Crippen MR) is 57.3 cm³/mol. The first-order valence-corrected chi connectivity index (χ1v) is 5.22. The Kier molecular flexibility index (Phi) is 2.74. The number of nitrogens with one attached hydrogen (secondary N) is 1. The highest BCUT2D eigenvalue weighted by Gasteiger charge is 2.19. The summed E-state index contributed by atoms with van der Waals surface area (Å²) in [5.41, 5.74) is 1.17. The smallest absolute Gasteiger partial charge is 0.0407 e. The van der Waals surface area contributed by atoms with E-state index in [-0.39, 0.29) is 0 Å². The van der Waals surface area contributed by atoms with Gasteiger partial charge in [-0.25, -0.2) is 0 Å². The van der Waals surface area contributed by atoms with Crippen molar-refractivity contribution in [2.75, 3.05) is 11.9 Å². The molecule has 2 heteroatoms. The van der Waals surface area contributed by atoms with Crippen LogP contribution in [0.4, 0.5) is 5.69 Å². The topological polar surface area (TPSA) is 12.0 Å². The molecule has 0 amide bonds. The summed E-state index contributed by atoms with van der Waals surface area (Å²) in [5, 5.41) is 4.18. The zero-order valence-electron chi connectivity index (χ0n) is 7.59. The maximum absolute atomic E-state index is 5.78. The van der Waals surface area contributed by atoms with Crippen LogP contribution >= 0.6 is 11.6 Å². The van der Waals surface area contributed by atoms with E-state index in [4.69, 9.17) is 11.6 Å². The minimum atomic E-state index is 0.799. The molecule has 0 aromatic heterocycles. The molecule has 1 aliphatic carbocycles. The highest BCUT2D eigenvalue weighted by molar-refractivity contribution is 6.30. The molecule has 0 saturated heterocycles. The highest BCUT2D eigenvalue weighted by Crippen LogP contribution is 2.32. The lowest BCUT2D eigenvalue weighted by molar-refractivity contribution is 0.760. The molecule has 0 spiro atoms. The molecule has 0 radical (unpaired) electrons. The highest BCUT2D eigenvalue weighted by atomic mass is 35.5. The fourth-order valence-corrected chi connectivity index (χ4v) is 1.52.